The first-order valence-corrected chi connectivity index (χ1v) is 9.30. The Morgan fingerprint density at radius 2 is 2.19 bits per heavy atom. The van der Waals surface area contributed by atoms with Crippen LogP contribution in [0.25, 0.3) is 0 Å². The van der Waals surface area contributed by atoms with Crippen molar-refractivity contribution >= 4 is 5.96 Å². The molecule has 0 aliphatic carbocycles. The Hall–Kier alpha value is -2.34. The van der Waals surface area contributed by atoms with E-state index < -0.39 is 0 Å². The molecule has 26 heavy (non-hydrogen) atoms. The zero-order valence-electron chi connectivity index (χ0n) is 15.9. The van der Waals surface area contributed by atoms with Crippen LogP contribution in [-0.4, -0.2) is 53.9 Å². The first-order valence-electron chi connectivity index (χ1n) is 9.30. The van der Waals surface area contributed by atoms with Crippen LogP contribution >= 0.6 is 0 Å². The van der Waals surface area contributed by atoms with Crippen molar-refractivity contribution in [3.63, 3.8) is 0 Å². The van der Waals surface area contributed by atoms with Gasteiger partial charge in [-0.25, -0.2) is 0 Å². The largest absolute Gasteiger partial charge is 0.375 e. The Bertz CT molecular complexity index is 712. The fourth-order valence-electron chi connectivity index (χ4n) is 3.45. The van der Waals surface area contributed by atoms with Gasteiger partial charge in [-0.3, -0.25) is 9.67 Å². The summed E-state index contributed by atoms with van der Waals surface area (Å²) in [5.74, 6) is 1.48. The number of nitrogens with one attached hydrogen (secondary N) is 1. The van der Waals surface area contributed by atoms with Crippen LogP contribution in [0.1, 0.15) is 36.5 Å². The SMILES string of the molecule is CCNC(=NCC(OC)c1ccccc1)N1CCC(c2cnn(C)c2)C1. The molecular weight excluding hydrogens is 326 g/mol. The van der Waals surface area contributed by atoms with Gasteiger partial charge in [-0.1, -0.05) is 30.3 Å². The second kappa shape index (κ2) is 8.85. The molecule has 1 aromatic heterocycles. The Morgan fingerprint density at radius 1 is 1.38 bits per heavy atom. The summed E-state index contributed by atoms with van der Waals surface area (Å²) in [6, 6.07) is 10.3. The summed E-state index contributed by atoms with van der Waals surface area (Å²) in [5.41, 5.74) is 2.47. The molecule has 1 aromatic carbocycles. The van der Waals surface area contributed by atoms with E-state index >= 15 is 0 Å². The van der Waals surface area contributed by atoms with Gasteiger partial charge < -0.3 is 15.0 Å². The molecule has 0 saturated carbocycles. The fraction of sp³-hybridized carbons (Fsp3) is 0.500. The normalized spacial score (nSPS) is 19.0. The van der Waals surface area contributed by atoms with Gasteiger partial charge in [-0.15, -0.1) is 0 Å². The molecule has 1 N–H and O–H groups in total. The Balaban J connectivity index is 1.67. The molecule has 2 aromatic rings. The number of ether oxygens (including phenoxy) is 1. The average Bonchev–Trinajstić information content (AvgIpc) is 3.31. The zero-order chi connectivity index (χ0) is 18.4. The van der Waals surface area contributed by atoms with Gasteiger partial charge in [0.1, 0.15) is 6.10 Å². The lowest BCUT2D eigenvalue weighted by Gasteiger charge is -2.22. The Morgan fingerprint density at radius 3 is 2.85 bits per heavy atom. The van der Waals surface area contributed by atoms with E-state index in [-0.39, 0.29) is 6.10 Å². The highest BCUT2D eigenvalue weighted by molar-refractivity contribution is 5.80. The van der Waals surface area contributed by atoms with Crippen molar-refractivity contribution in [1.82, 2.24) is 20.0 Å². The van der Waals surface area contributed by atoms with E-state index in [2.05, 4.69) is 40.6 Å². The van der Waals surface area contributed by atoms with Gasteiger partial charge in [-0.05, 0) is 24.5 Å². The van der Waals surface area contributed by atoms with Crippen LogP contribution in [0.15, 0.2) is 47.7 Å². The molecule has 3 rings (SSSR count). The van der Waals surface area contributed by atoms with Gasteiger partial charge in [-0.2, -0.15) is 5.10 Å². The van der Waals surface area contributed by atoms with Crippen LogP contribution in [0.5, 0.6) is 0 Å². The summed E-state index contributed by atoms with van der Waals surface area (Å²) >= 11 is 0. The summed E-state index contributed by atoms with van der Waals surface area (Å²) in [6.45, 7) is 5.55. The van der Waals surface area contributed by atoms with Crippen LogP contribution in [0, 0.1) is 0 Å². The van der Waals surface area contributed by atoms with E-state index in [1.165, 1.54) is 5.56 Å². The van der Waals surface area contributed by atoms with Gasteiger partial charge in [0.15, 0.2) is 5.96 Å². The number of hydrogen-bond donors (Lipinski definition) is 1. The number of guanidine groups is 1. The number of methoxy groups -OCH3 is 1. The first kappa shape index (κ1) is 18.5. The van der Waals surface area contributed by atoms with Crippen LogP contribution in [0.4, 0.5) is 0 Å². The van der Waals surface area contributed by atoms with Crippen molar-refractivity contribution in [2.45, 2.75) is 25.4 Å². The molecular formula is C20H29N5O. The van der Waals surface area contributed by atoms with Crippen LogP contribution in [0.3, 0.4) is 0 Å². The molecule has 1 aliphatic rings. The minimum absolute atomic E-state index is 0.0263. The third kappa shape index (κ3) is 4.43. The molecule has 0 radical (unpaired) electrons. The van der Waals surface area contributed by atoms with Gasteiger partial charge in [0.2, 0.25) is 0 Å². The highest BCUT2D eigenvalue weighted by Gasteiger charge is 2.27. The molecule has 6 heteroatoms. The van der Waals surface area contributed by atoms with E-state index in [4.69, 9.17) is 9.73 Å². The number of aromatic nitrogens is 2. The minimum atomic E-state index is -0.0263. The molecule has 1 saturated heterocycles. The standard InChI is InChI=1S/C20H29N5O/c1-4-21-20(22-13-19(26-3)16-8-6-5-7-9-16)25-11-10-17(15-25)18-12-23-24(2)14-18/h5-9,12,14,17,19H,4,10-11,13,15H2,1-3H3,(H,21,22). The summed E-state index contributed by atoms with van der Waals surface area (Å²) < 4.78 is 7.53. The van der Waals surface area contributed by atoms with E-state index in [9.17, 15) is 0 Å². The monoisotopic (exact) mass is 355 g/mol. The molecule has 0 amide bonds. The first-order chi connectivity index (χ1) is 12.7. The van der Waals surface area contributed by atoms with Crippen LogP contribution in [-0.2, 0) is 11.8 Å². The lowest BCUT2D eigenvalue weighted by atomic mass is 10.0. The maximum absolute atomic E-state index is 5.66. The molecule has 2 atom stereocenters. The molecule has 1 aliphatic heterocycles. The van der Waals surface area contributed by atoms with Gasteiger partial charge >= 0.3 is 0 Å². The van der Waals surface area contributed by atoms with Crippen LogP contribution in [0.2, 0.25) is 0 Å². The summed E-state index contributed by atoms with van der Waals surface area (Å²) in [4.78, 5) is 7.21. The molecule has 1 fully saturated rings. The van der Waals surface area contributed by atoms with Crippen molar-refractivity contribution in [3.8, 4) is 0 Å². The number of likely N-dealkylation sites (tertiary alicyclic amines) is 1. The molecule has 6 nitrogen and oxygen atoms in total. The maximum atomic E-state index is 5.66. The molecule has 140 valence electrons. The lowest BCUT2D eigenvalue weighted by Crippen LogP contribution is -2.40. The highest BCUT2D eigenvalue weighted by Crippen LogP contribution is 2.27. The minimum Gasteiger partial charge on any atom is -0.375 e. The Kier molecular flexibility index (Phi) is 6.28. The number of hydrogen-bond acceptors (Lipinski definition) is 3. The zero-order valence-corrected chi connectivity index (χ0v) is 15.9. The predicted octanol–water partition coefficient (Wildman–Crippen LogP) is 2.56. The van der Waals surface area contributed by atoms with Gasteiger partial charge in [0.05, 0.1) is 12.7 Å². The summed E-state index contributed by atoms with van der Waals surface area (Å²) in [7, 11) is 3.71. The quantitative estimate of drug-likeness (QED) is 0.639. The second-order valence-electron chi connectivity index (χ2n) is 6.71. The van der Waals surface area contributed by atoms with E-state index in [1.807, 2.05) is 36.1 Å². The molecule has 0 spiro atoms. The van der Waals surface area contributed by atoms with Crippen molar-refractivity contribution in [3.05, 3.63) is 53.9 Å². The average molecular weight is 355 g/mol. The topological polar surface area (TPSA) is 54.7 Å². The maximum Gasteiger partial charge on any atom is 0.194 e. The molecule has 0 bridgehead atoms. The second-order valence-corrected chi connectivity index (χ2v) is 6.71. The summed E-state index contributed by atoms with van der Waals surface area (Å²) in [6.07, 6.45) is 5.20. The fourth-order valence-corrected chi connectivity index (χ4v) is 3.45. The van der Waals surface area contributed by atoms with E-state index in [1.54, 1.807) is 7.11 Å². The predicted molar refractivity (Wildman–Crippen MR) is 104 cm³/mol. The van der Waals surface area contributed by atoms with Crippen molar-refractivity contribution in [1.29, 1.82) is 0 Å². The van der Waals surface area contributed by atoms with Crippen LogP contribution < -0.4 is 5.32 Å². The van der Waals surface area contributed by atoms with Crippen molar-refractivity contribution < 1.29 is 4.74 Å². The Labute approximate surface area is 155 Å². The summed E-state index contributed by atoms with van der Waals surface area (Å²) in [5, 5.41) is 7.74. The third-order valence-corrected chi connectivity index (χ3v) is 4.88. The number of nitrogens with zero attached hydrogens (tertiary/aromatic N) is 4. The number of aliphatic imine (C=N–C) groups is 1. The molecule has 2 unspecified atom stereocenters. The molecule has 2 heterocycles. The van der Waals surface area contributed by atoms with Gasteiger partial charge in [0, 0.05) is 45.9 Å². The van der Waals surface area contributed by atoms with E-state index in [0.29, 0.717) is 12.5 Å². The van der Waals surface area contributed by atoms with Gasteiger partial charge in [0.25, 0.3) is 0 Å². The smallest absolute Gasteiger partial charge is 0.194 e. The van der Waals surface area contributed by atoms with Crippen molar-refractivity contribution in [2.75, 3.05) is 33.3 Å². The number of benzene rings is 1. The van der Waals surface area contributed by atoms with Crippen molar-refractivity contribution in [2.24, 2.45) is 12.0 Å². The number of aryl methyl sites for hydroxylation is 1. The lowest BCUT2D eigenvalue weighted by molar-refractivity contribution is 0.110. The number of rotatable bonds is 6. The highest BCUT2D eigenvalue weighted by atomic mass is 16.5. The van der Waals surface area contributed by atoms with E-state index in [0.717, 1.165) is 37.6 Å². The third-order valence-electron chi connectivity index (χ3n) is 4.88.